The number of halogens is 3. The molecule has 0 bridgehead atoms. The first-order chi connectivity index (χ1) is 15.8. The molecule has 0 N–H and O–H groups in total. The molecule has 182 valence electrons. The van der Waals surface area contributed by atoms with Crippen LogP contribution in [0.3, 0.4) is 0 Å². The summed E-state index contributed by atoms with van der Waals surface area (Å²) in [4.78, 5) is 20.7. The van der Waals surface area contributed by atoms with E-state index in [1.165, 1.54) is 31.4 Å². The van der Waals surface area contributed by atoms with Gasteiger partial charge in [0.05, 0.1) is 31.2 Å². The van der Waals surface area contributed by atoms with Crippen molar-refractivity contribution in [2.45, 2.75) is 64.7 Å². The summed E-state index contributed by atoms with van der Waals surface area (Å²) in [6.07, 6.45) is 2.38. The lowest BCUT2D eigenvalue weighted by molar-refractivity contribution is -0.217. The molecule has 0 radical (unpaired) electrons. The lowest BCUT2D eigenvalue weighted by atomic mass is 10.1. The highest BCUT2D eigenvalue weighted by atomic mass is 19.4. The predicted molar refractivity (Wildman–Crippen MR) is 118 cm³/mol. The standard InChI is InChI=1S/C24H31F3N2O4/c1-3-5-6-7-8-14-32-20-15-28-22(29-16-20)18-9-11-19(12-10-18)23(30)33-21(24(25,26)27)17-31-13-4-2/h9-12,15-16,21H,3-8,13-14,17H2,1-2H3. The van der Waals surface area contributed by atoms with Crippen LogP contribution < -0.4 is 4.74 Å². The fourth-order valence-corrected chi connectivity index (χ4v) is 2.92. The molecule has 0 aliphatic rings. The molecule has 33 heavy (non-hydrogen) atoms. The van der Waals surface area contributed by atoms with E-state index in [1.807, 2.05) is 0 Å². The van der Waals surface area contributed by atoms with Gasteiger partial charge in [0.25, 0.3) is 0 Å². The van der Waals surface area contributed by atoms with Gasteiger partial charge < -0.3 is 14.2 Å². The lowest BCUT2D eigenvalue weighted by Crippen LogP contribution is -2.38. The van der Waals surface area contributed by atoms with Gasteiger partial charge >= 0.3 is 12.1 Å². The highest BCUT2D eigenvalue weighted by molar-refractivity contribution is 5.90. The number of carbonyl (C=O) groups is 1. The number of carbonyl (C=O) groups excluding carboxylic acids is 1. The average Bonchev–Trinajstić information content (AvgIpc) is 2.80. The zero-order valence-electron chi connectivity index (χ0n) is 19.1. The van der Waals surface area contributed by atoms with E-state index >= 15 is 0 Å². The second kappa shape index (κ2) is 13.8. The summed E-state index contributed by atoms with van der Waals surface area (Å²) in [6, 6.07) is 5.86. The number of hydrogen-bond donors (Lipinski definition) is 0. The van der Waals surface area contributed by atoms with Crippen LogP contribution in [0.1, 0.15) is 62.7 Å². The van der Waals surface area contributed by atoms with E-state index in [9.17, 15) is 18.0 Å². The molecule has 1 aromatic heterocycles. The SMILES string of the molecule is CCCCCCCOc1cnc(-c2ccc(C(=O)OC(COCCC)C(F)(F)F)cc2)nc1. The van der Waals surface area contributed by atoms with Crippen molar-refractivity contribution in [3.63, 3.8) is 0 Å². The number of nitrogens with zero attached hydrogens (tertiary/aromatic N) is 2. The van der Waals surface area contributed by atoms with Crippen LogP contribution in [-0.4, -0.2) is 48.0 Å². The molecular weight excluding hydrogens is 437 g/mol. The Morgan fingerprint density at radius 3 is 2.21 bits per heavy atom. The Labute approximate surface area is 192 Å². The Bertz CT molecular complexity index is 827. The minimum atomic E-state index is -4.71. The smallest absolute Gasteiger partial charge is 0.427 e. The summed E-state index contributed by atoms with van der Waals surface area (Å²) >= 11 is 0. The van der Waals surface area contributed by atoms with Gasteiger partial charge in [0.2, 0.25) is 6.10 Å². The molecule has 1 atom stereocenters. The largest absolute Gasteiger partial charge is 0.490 e. The number of aromatic nitrogens is 2. The highest BCUT2D eigenvalue weighted by Crippen LogP contribution is 2.25. The topological polar surface area (TPSA) is 70.5 Å². The quantitative estimate of drug-likeness (QED) is 0.250. The molecule has 0 amide bonds. The second-order valence-electron chi connectivity index (χ2n) is 7.59. The van der Waals surface area contributed by atoms with E-state index in [0.717, 1.165) is 12.8 Å². The number of alkyl halides is 3. The molecule has 0 fully saturated rings. The molecule has 1 aromatic carbocycles. The van der Waals surface area contributed by atoms with E-state index in [-0.39, 0.29) is 12.2 Å². The minimum Gasteiger partial charge on any atom is -0.490 e. The van der Waals surface area contributed by atoms with Gasteiger partial charge in [-0.1, -0.05) is 51.7 Å². The predicted octanol–water partition coefficient (Wildman–Crippen LogP) is 6.01. The second-order valence-corrected chi connectivity index (χ2v) is 7.59. The van der Waals surface area contributed by atoms with E-state index in [0.29, 0.717) is 30.2 Å². The maximum Gasteiger partial charge on any atom is 0.427 e. The minimum absolute atomic E-state index is 0.00785. The maximum absolute atomic E-state index is 13.1. The van der Waals surface area contributed by atoms with Crippen LogP contribution in [0.4, 0.5) is 13.2 Å². The molecular formula is C24H31F3N2O4. The van der Waals surface area contributed by atoms with Crippen LogP contribution in [0.25, 0.3) is 11.4 Å². The molecule has 2 aromatic rings. The van der Waals surface area contributed by atoms with Crippen LogP contribution in [0, 0.1) is 0 Å². The summed E-state index contributed by atoms with van der Waals surface area (Å²) in [6.45, 7) is 3.97. The van der Waals surface area contributed by atoms with Gasteiger partial charge in [0, 0.05) is 12.2 Å². The molecule has 0 aliphatic heterocycles. The van der Waals surface area contributed by atoms with Gasteiger partial charge in [-0.15, -0.1) is 0 Å². The van der Waals surface area contributed by atoms with Crippen molar-refractivity contribution in [1.82, 2.24) is 9.97 Å². The van der Waals surface area contributed by atoms with Gasteiger partial charge in [0.15, 0.2) is 11.6 Å². The fourth-order valence-electron chi connectivity index (χ4n) is 2.92. The Morgan fingerprint density at radius 2 is 1.61 bits per heavy atom. The van der Waals surface area contributed by atoms with Gasteiger partial charge in [-0.3, -0.25) is 0 Å². The Morgan fingerprint density at radius 1 is 0.939 bits per heavy atom. The monoisotopic (exact) mass is 468 g/mol. The van der Waals surface area contributed by atoms with Gasteiger partial charge in [-0.05, 0) is 25.0 Å². The molecule has 0 spiro atoms. The molecule has 6 nitrogen and oxygen atoms in total. The fraction of sp³-hybridized carbons (Fsp3) is 0.542. The molecule has 9 heteroatoms. The molecule has 2 rings (SSSR count). The number of benzene rings is 1. The summed E-state index contributed by atoms with van der Waals surface area (Å²) in [5.41, 5.74) is 0.600. The van der Waals surface area contributed by atoms with Crippen LogP contribution >= 0.6 is 0 Å². The van der Waals surface area contributed by atoms with Crippen LogP contribution in [0.2, 0.25) is 0 Å². The first-order valence-electron chi connectivity index (χ1n) is 11.3. The van der Waals surface area contributed by atoms with Gasteiger partial charge in [-0.2, -0.15) is 13.2 Å². The van der Waals surface area contributed by atoms with Crippen LogP contribution in [0.15, 0.2) is 36.7 Å². The summed E-state index contributed by atoms with van der Waals surface area (Å²) in [5.74, 6) is -0.100. The third kappa shape index (κ3) is 9.37. The van der Waals surface area contributed by atoms with E-state index in [2.05, 4.69) is 21.6 Å². The summed E-state index contributed by atoms with van der Waals surface area (Å²) in [7, 11) is 0. The third-order valence-electron chi connectivity index (χ3n) is 4.76. The summed E-state index contributed by atoms with van der Waals surface area (Å²) in [5, 5.41) is 0. The van der Waals surface area contributed by atoms with Crippen molar-refractivity contribution in [2.75, 3.05) is 19.8 Å². The Kier molecular flexibility index (Phi) is 11.1. The third-order valence-corrected chi connectivity index (χ3v) is 4.76. The van der Waals surface area contributed by atoms with Crippen molar-refractivity contribution in [1.29, 1.82) is 0 Å². The van der Waals surface area contributed by atoms with E-state index in [1.54, 1.807) is 31.5 Å². The first-order valence-corrected chi connectivity index (χ1v) is 11.3. The van der Waals surface area contributed by atoms with E-state index in [4.69, 9.17) is 9.47 Å². The lowest BCUT2D eigenvalue weighted by Gasteiger charge is -2.20. The van der Waals surface area contributed by atoms with Crippen molar-refractivity contribution in [2.24, 2.45) is 0 Å². The van der Waals surface area contributed by atoms with Crippen LogP contribution in [-0.2, 0) is 9.47 Å². The molecule has 0 saturated heterocycles. The zero-order chi connectivity index (χ0) is 24.1. The van der Waals surface area contributed by atoms with Crippen molar-refractivity contribution in [3.8, 4) is 17.1 Å². The van der Waals surface area contributed by atoms with Gasteiger partial charge in [0.1, 0.15) is 0 Å². The number of ether oxygens (including phenoxy) is 3. The maximum atomic E-state index is 13.1. The Hall–Kier alpha value is -2.68. The van der Waals surface area contributed by atoms with Crippen molar-refractivity contribution in [3.05, 3.63) is 42.2 Å². The summed E-state index contributed by atoms with van der Waals surface area (Å²) < 4.78 is 54.5. The molecule has 1 unspecified atom stereocenters. The average molecular weight is 469 g/mol. The Balaban J connectivity index is 1.91. The number of unbranched alkanes of at least 4 members (excludes halogenated alkanes) is 4. The van der Waals surface area contributed by atoms with Crippen LogP contribution in [0.5, 0.6) is 5.75 Å². The normalized spacial score (nSPS) is 12.4. The van der Waals surface area contributed by atoms with Crippen molar-refractivity contribution < 1.29 is 32.2 Å². The zero-order valence-corrected chi connectivity index (χ0v) is 19.1. The first kappa shape index (κ1) is 26.6. The van der Waals surface area contributed by atoms with Crippen molar-refractivity contribution >= 4 is 5.97 Å². The number of hydrogen-bond acceptors (Lipinski definition) is 6. The number of rotatable bonds is 14. The molecule has 0 saturated carbocycles. The molecule has 0 aliphatic carbocycles. The molecule has 1 heterocycles. The number of esters is 1. The van der Waals surface area contributed by atoms with E-state index < -0.39 is 24.9 Å². The van der Waals surface area contributed by atoms with Gasteiger partial charge in [-0.25, -0.2) is 14.8 Å². The highest BCUT2D eigenvalue weighted by Gasteiger charge is 2.43.